The first-order valence-electron chi connectivity index (χ1n) is 6.63. The Balaban J connectivity index is 2.02. The number of halogens is 3. The van der Waals surface area contributed by atoms with E-state index in [1.54, 1.807) is 29.9 Å². The lowest BCUT2D eigenvalue weighted by Crippen LogP contribution is -2.29. The van der Waals surface area contributed by atoms with Crippen LogP contribution in [0, 0.1) is 6.92 Å². The fraction of sp³-hybridized carbons (Fsp3) is 0.286. The number of anilines is 1. The normalized spacial score (nSPS) is 10.7. The lowest BCUT2D eigenvalue weighted by atomic mass is 10.2. The average Bonchev–Trinajstić information content (AvgIpc) is 2.78. The molecule has 0 aliphatic rings. The van der Waals surface area contributed by atoms with Gasteiger partial charge in [0.25, 0.3) is 0 Å². The van der Waals surface area contributed by atoms with Gasteiger partial charge in [-0.05, 0) is 52.8 Å². The van der Waals surface area contributed by atoms with Crippen LogP contribution in [0.5, 0.6) is 5.75 Å². The number of thiocarbonyl (C=S) groups is 1. The molecular weight excluding hydrogens is 390 g/mol. The first kappa shape index (κ1) is 17.6. The molecule has 0 saturated heterocycles. The van der Waals surface area contributed by atoms with Crippen molar-refractivity contribution in [1.29, 1.82) is 0 Å². The molecule has 1 heterocycles. The minimum absolute atomic E-state index is 0.0471. The van der Waals surface area contributed by atoms with Crippen molar-refractivity contribution in [1.82, 2.24) is 15.1 Å². The molecule has 23 heavy (non-hydrogen) atoms. The van der Waals surface area contributed by atoms with Gasteiger partial charge in [0, 0.05) is 7.05 Å². The summed E-state index contributed by atoms with van der Waals surface area (Å²) in [5.74, 6) is 0.0471. The molecule has 124 valence electrons. The minimum atomic E-state index is -2.90. The van der Waals surface area contributed by atoms with E-state index >= 15 is 0 Å². The topological polar surface area (TPSA) is 51.1 Å². The van der Waals surface area contributed by atoms with Gasteiger partial charge < -0.3 is 15.4 Å². The van der Waals surface area contributed by atoms with Gasteiger partial charge in [-0.3, -0.25) is 4.68 Å². The number of ether oxygens (including phenoxy) is 1. The van der Waals surface area contributed by atoms with Crippen LogP contribution >= 0.6 is 28.1 Å². The summed E-state index contributed by atoms with van der Waals surface area (Å²) in [7, 11) is 1.81. The van der Waals surface area contributed by atoms with Gasteiger partial charge in [0.05, 0.1) is 28.6 Å². The van der Waals surface area contributed by atoms with E-state index in [1.807, 2.05) is 7.05 Å². The highest BCUT2D eigenvalue weighted by atomic mass is 79.9. The summed E-state index contributed by atoms with van der Waals surface area (Å²) < 4.78 is 32.0. The van der Waals surface area contributed by atoms with Crippen molar-refractivity contribution in [3.8, 4) is 5.75 Å². The van der Waals surface area contributed by atoms with Gasteiger partial charge in [0.2, 0.25) is 0 Å². The molecule has 1 aromatic heterocycles. The maximum absolute atomic E-state index is 12.5. The summed E-state index contributed by atoms with van der Waals surface area (Å²) in [6.07, 6.45) is 1.68. The van der Waals surface area contributed by atoms with Gasteiger partial charge in [-0.25, -0.2) is 0 Å². The Morgan fingerprint density at radius 3 is 2.83 bits per heavy atom. The maximum Gasteiger partial charge on any atom is 0.387 e. The molecule has 5 nitrogen and oxygen atoms in total. The smallest absolute Gasteiger partial charge is 0.387 e. The molecule has 2 rings (SSSR count). The highest BCUT2D eigenvalue weighted by Gasteiger charge is 2.12. The van der Waals surface area contributed by atoms with Crippen molar-refractivity contribution in [2.45, 2.75) is 20.1 Å². The van der Waals surface area contributed by atoms with Gasteiger partial charge in [0.15, 0.2) is 5.11 Å². The quantitative estimate of drug-likeness (QED) is 0.745. The zero-order valence-corrected chi connectivity index (χ0v) is 14.8. The van der Waals surface area contributed by atoms with Crippen LogP contribution in [-0.2, 0) is 13.6 Å². The molecule has 0 amide bonds. The second-order valence-electron chi connectivity index (χ2n) is 4.75. The monoisotopic (exact) mass is 404 g/mol. The largest absolute Gasteiger partial charge is 0.433 e. The third-order valence-electron chi connectivity index (χ3n) is 3.03. The van der Waals surface area contributed by atoms with E-state index in [0.29, 0.717) is 17.3 Å². The summed E-state index contributed by atoms with van der Waals surface area (Å²) in [6.45, 7) is -0.678. The molecule has 0 unspecified atom stereocenters. The van der Waals surface area contributed by atoms with E-state index in [1.165, 1.54) is 6.07 Å². The first-order valence-corrected chi connectivity index (χ1v) is 7.83. The zero-order chi connectivity index (χ0) is 17.0. The zero-order valence-electron chi connectivity index (χ0n) is 12.4. The van der Waals surface area contributed by atoms with Gasteiger partial charge in [-0.2, -0.15) is 13.9 Å². The van der Waals surface area contributed by atoms with Gasteiger partial charge in [0.1, 0.15) is 5.75 Å². The molecular formula is C14H15BrF2N4OS. The number of nitrogens with zero attached hydrogens (tertiary/aromatic N) is 2. The fourth-order valence-electron chi connectivity index (χ4n) is 1.89. The van der Waals surface area contributed by atoms with Crippen molar-refractivity contribution in [3.05, 3.63) is 40.1 Å². The molecule has 1 aromatic carbocycles. The van der Waals surface area contributed by atoms with Crippen LogP contribution in [0.4, 0.5) is 14.5 Å². The lowest BCUT2D eigenvalue weighted by molar-refractivity contribution is -0.0493. The molecule has 9 heteroatoms. The standard InChI is InChI=1S/C14H15BrF2N4OS/c1-8-3-4-10(12(5-8)22-13(16)17)20-14(23)18-7-11-9(15)6-19-21(11)2/h3-6,13H,7H2,1-2H3,(H2,18,20,23). The van der Waals surface area contributed by atoms with E-state index in [4.69, 9.17) is 12.2 Å². The maximum atomic E-state index is 12.5. The molecule has 0 atom stereocenters. The van der Waals surface area contributed by atoms with Crippen molar-refractivity contribution in [3.63, 3.8) is 0 Å². The third kappa shape index (κ3) is 4.87. The number of hydrogen-bond acceptors (Lipinski definition) is 3. The Kier molecular flexibility index (Phi) is 5.89. The van der Waals surface area contributed by atoms with Crippen LogP contribution in [0.25, 0.3) is 0 Å². The van der Waals surface area contributed by atoms with Crippen molar-refractivity contribution < 1.29 is 13.5 Å². The Bertz CT molecular complexity index is 689. The van der Waals surface area contributed by atoms with E-state index in [9.17, 15) is 8.78 Å². The van der Waals surface area contributed by atoms with Crippen LogP contribution in [0.15, 0.2) is 28.9 Å². The summed E-state index contributed by atoms with van der Waals surface area (Å²) >= 11 is 8.58. The summed E-state index contributed by atoms with van der Waals surface area (Å²) in [4.78, 5) is 0. The Hall–Kier alpha value is -1.74. The number of aromatic nitrogens is 2. The van der Waals surface area contributed by atoms with Crippen LogP contribution in [0.1, 0.15) is 11.3 Å². The summed E-state index contributed by atoms with van der Waals surface area (Å²) in [5, 5.41) is 10.2. The number of aryl methyl sites for hydroxylation is 2. The number of hydrogen-bond donors (Lipinski definition) is 2. The van der Waals surface area contributed by atoms with Gasteiger partial charge in [-0.1, -0.05) is 6.07 Å². The Labute approximate surface area is 146 Å². The van der Waals surface area contributed by atoms with E-state index in [-0.39, 0.29) is 5.75 Å². The minimum Gasteiger partial charge on any atom is -0.433 e. The Morgan fingerprint density at radius 1 is 1.48 bits per heavy atom. The first-order chi connectivity index (χ1) is 10.9. The lowest BCUT2D eigenvalue weighted by Gasteiger charge is -2.15. The van der Waals surface area contributed by atoms with Crippen LogP contribution in [0.3, 0.4) is 0 Å². The van der Waals surface area contributed by atoms with E-state index in [2.05, 4.69) is 36.4 Å². The molecule has 2 aromatic rings. The number of rotatable bonds is 5. The van der Waals surface area contributed by atoms with Crippen LogP contribution in [0.2, 0.25) is 0 Å². The molecule has 2 N–H and O–H groups in total. The molecule has 0 radical (unpaired) electrons. The van der Waals surface area contributed by atoms with E-state index < -0.39 is 6.61 Å². The molecule has 0 aliphatic carbocycles. The van der Waals surface area contributed by atoms with Crippen LogP contribution < -0.4 is 15.4 Å². The molecule has 0 saturated carbocycles. The van der Waals surface area contributed by atoms with Crippen molar-refractivity contribution >= 4 is 38.9 Å². The number of nitrogens with one attached hydrogen (secondary N) is 2. The molecule has 0 spiro atoms. The van der Waals surface area contributed by atoms with E-state index in [0.717, 1.165) is 15.7 Å². The van der Waals surface area contributed by atoms with Gasteiger partial charge in [-0.15, -0.1) is 0 Å². The second-order valence-corrected chi connectivity index (χ2v) is 6.01. The van der Waals surface area contributed by atoms with Gasteiger partial charge >= 0.3 is 6.61 Å². The van der Waals surface area contributed by atoms with Crippen molar-refractivity contribution in [2.75, 3.05) is 5.32 Å². The number of alkyl halides is 2. The molecule has 0 fully saturated rings. The SMILES string of the molecule is Cc1ccc(NC(=S)NCc2c(Br)cnn2C)c(OC(F)F)c1. The average molecular weight is 405 g/mol. The highest BCUT2D eigenvalue weighted by molar-refractivity contribution is 9.10. The summed E-state index contributed by atoms with van der Waals surface area (Å²) in [5.41, 5.74) is 2.09. The third-order valence-corrected chi connectivity index (χ3v) is 3.94. The number of benzene rings is 1. The predicted octanol–water partition coefficient (Wildman–Crippen LogP) is 3.58. The summed E-state index contributed by atoms with van der Waals surface area (Å²) in [6, 6.07) is 4.94. The Morgan fingerprint density at radius 2 is 2.22 bits per heavy atom. The highest BCUT2D eigenvalue weighted by Crippen LogP contribution is 2.27. The molecule has 0 aliphatic heterocycles. The fourth-order valence-corrected chi connectivity index (χ4v) is 2.56. The second kappa shape index (κ2) is 7.69. The predicted molar refractivity (Wildman–Crippen MR) is 91.8 cm³/mol. The van der Waals surface area contributed by atoms with Crippen molar-refractivity contribution in [2.24, 2.45) is 7.05 Å². The molecule has 0 bridgehead atoms. The van der Waals surface area contributed by atoms with Crippen LogP contribution in [-0.4, -0.2) is 21.5 Å².